The van der Waals surface area contributed by atoms with Crippen LogP contribution in [0.15, 0.2) is 35.3 Å². The van der Waals surface area contributed by atoms with Gasteiger partial charge in [0.15, 0.2) is 17.0 Å². The summed E-state index contributed by atoms with van der Waals surface area (Å²) >= 11 is 5.04. The predicted octanol–water partition coefficient (Wildman–Crippen LogP) is 3.34. The van der Waals surface area contributed by atoms with Gasteiger partial charge in [-0.1, -0.05) is 6.07 Å². The zero-order chi connectivity index (χ0) is 15.5. The molecule has 1 aromatic carbocycles. The normalized spacial score (nSPS) is 10.9. The van der Waals surface area contributed by atoms with Crippen LogP contribution < -0.4 is 10.1 Å². The van der Waals surface area contributed by atoms with Crippen LogP contribution >= 0.6 is 27.9 Å². The van der Waals surface area contributed by atoms with Gasteiger partial charge in [-0.15, -0.1) is 0 Å². The van der Waals surface area contributed by atoms with Crippen LogP contribution in [0.2, 0.25) is 0 Å². The van der Waals surface area contributed by atoms with Gasteiger partial charge in [0.25, 0.3) is 0 Å². The van der Waals surface area contributed by atoms with Crippen molar-refractivity contribution in [3.63, 3.8) is 0 Å². The summed E-state index contributed by atoms with van der Waals surface area (Å²) in [6.07, 6.45) is 5.27. The molecule has 114 valence electrons. The average molecular weight is 380 g/mol. The van der Waals surface area contributed by atoms with E-state index in [0.29, 0.717) is 6.54 Å². The van der Waals surface area contributed by atoms with Gasteiger partial charge in [0.2, 0.25) is 0 Å². The van der Waals surface area contributed by atoms with E-state index in [2.05, 4.69) is 36.2 Å². The largest absolute Gasteiger partial charge is 0.496 e. The third-order valence-electron chi connectivity index (χ3n) is 3.18. The molecule has 0 spiro atoms. The van der Waals surface area contributed by atoms with E-state index in [1.807, 2.05) is 28.4 Å². The van der Waals surface area contributed by atoms with E-state index in [1.165, 1.54) is 0 Å². The lowest BCUT2D eigenvalue weighted by Gasteiger charge is -2.08. The third-order valence-corrected chi connectivity index (χ3v) is 4.46. The Balaban J connectivity index is 1.82. The Morgan fingerprint density at radius 2 is 2.18 bits per heavy atom. The molecule has 0 aliphatic carbocycles. The molecule has 3 aromatic rings. The highest BCUT2D eigenvalue weighted by Crippen LogP contribution is 2.26. The van der Waals surface area contributed by atoms with Crippen LogP contribution in [0.1, 0.15) is 5.56 Å². The number of nitrogens with one attached hydrogen (secondary N) is 1. The molecule has 6 nitrogen and oxygen atoms in total. The molecule has 0 fully saturated rings. The molecule has 0 atom stereocenters. The summed E-state index contributed by atoms with van der Waals surface area (Å²) in [4.78, 5) is 12.9. The molecule has 0 saturated heterocycles. The van der Waals surface area contributed by atoms with Crippen LogP contribution in [0.3, 0.4) is 0 Å². The van der Waals surface area contributed by atoms with Crippen molar-refractivity contribution in [2.45, 2.75) is 6.54 Å². The molecule has 0 unspecified atom stereocenters. The van der Waals surface area contributed by atoms with Gasteiger partial charge in [0.1, 0.15) is 18.4 Å². The van der Waals surface area contributed by atoms with Gasteiger partial charge in [-0.05, 0) is 45.6 Å². The lowest BCUT2D eigenvalue weighted by Crippen LogP contribution is -2.03. The van der Waals surface area contributed by atoms with Crippen LogP contribution in [-0.4, -0.2) is 32.3 Å². The number of rotatable bonds is 5. The topological polar surface area (TPSA) is 64.9 Å². The van der Waals surface area contributed by atoms with E-state index in [-0.39, 0.29) is 0 Å². The number of anilines is 1. The van der Waals surface area contributed by atoms with Crippen LogP contribution in [0.5, 0.6) is 5.75 Å². The highest BCUT2D eigenvalue weighted by Gasteiger charge is 2.09. The van der Waals surface area contributed by atoms with E-state index in [4.69, 9.17) is 4.74 Å². The number of fused-ring (bicyclic) bond motifs is 1. The maximum Gasteiger partial charge on any atom is 0.175 e. The summed E-state index contributed by atoms with van der Waals surface area (Å²) in [7, 11) is 1.65. The van der Waals surface area contributed by atoms with Crippen LogP contribution in [0.25, 0.3) is 11.2 Å². The summed E-state index contributed by atoms with van der Waals surface area (Å²) in [6, 6.07) is 5.96. The lowest BCUT2D eigenvalue weighted by molar-refractivity contribution is 0.412. The monoisotopic (exact) mass is 379 g/mol. The third kappa shape index (κ3) is 2.89. The number of methoxy groups -OCH3 is 1. The summed E-state index contributed by atoms with van der Waals surface area (Å²) < 4.78 is 8.07. The number of aromatic nitrogens is 4. The molecule has 2 aromatic heterocycles. The second kappa shape index (κ2) is 6.53. The number of hydrogen-bond donors (Lipinski definition) is 1. The molecule has 0 amide bonds. The standard InChI is InChI=1S/C14H14BrN5OS/c1-21-11-4-3-9(5-10(11)15)6-16-13-12-14(18-7-17-13)20(22-2)8-19-12/h3-5,7-8H,6H2,1-2H3,(H,16,17,18). The van der Waals surface area contributed by atoms with Crippen molar-refractivity contribution in [3.8, 4) is 5.75 Å². The fourth-order valence-electron chi connectivity index (χ4n) is 2.08. The molecule has 0 bridgehead atoms. The Labute approximate surface area is 140 Å². The molecule has 1 N–H and O–H groups in total. The highest BCUT2D eigenvalue weighted by atomic mass is 79.9. The first-order chi connectivity index (χ1) is 10.7. The molecule has 0 radical (unpaired) electrons. The number of imidazole rings is 1. The highest BCUT2D eigenvalue weighted by molar-refractivity contribution is 9.10. The zero-order valence-electron chi connectivity index (χ0n) is 12.1. The van der Waals surface area contributed by atoms with Gasteiger partial charge in [-0.25, -0.2) is 15.0 Å². The van der Waals surface area contributed by atoms with Crippen LogP contribution in [-0.2, 0) is 6.54 Å². The van der Waals surface area contributed by atoms with E-state index in [1.54, 1.807) is 31.7 Å². The van der Waals surface area contributed by atoms with Gasteiger partial charge in [-0.2, -0.15) is 0 Å². The van der Waals surface area contributed by atoms with E-state index < -0.39 is 0 Å². The molecule has 2 heterocycles. The maximum absolute atomic E-state index is 5.23. The number of halogens is 1. The predicted molar refractivity (Wildman–Crippen MR) is 92.3 cm³/mol. The molecule has 8 heteroatoms. The fraction of sp³-hybridized carbons (Fsp3) is 0.214. The number of hydrogen-bond acceptors (Lipinski definition) is 6. The van der Waals surface area contributed by atoms with Crippen LogP contribution in [0.4, 0.5) is 5.82 Å². The van der Waals surface area contributed by atoms with Crippen molar-refractivity contribution in [2.75, 3.05) is 18.7 Å². The van der Waals surface area contributed by atoms with Gasteiger partial charge >= 0.3 is 0 Å². The minimum Gasteiger partial charge on any atom is -0.496 e. The van der Waals surface area contributed by atoms with Crippen molar-refractivity contribution >= 4 is 44.9 Å². The molecule has 22 heavy (non-hydrogen) atoms. The second-order valence-electron chi connectivity index (χ2n) is 4.47. The summed E-state index contributed by atoms with van der Waals surface area (Å²) in [6.45, 7) is 0.640. The van der Waals surface area contributed by atoms with E-state index in [9.17, 15) is 0 Å². The first-order valence-electron chi connectivity index (χ1n) is 6.51. The molecular formula is C14H14BrN5OS. The van der Waals surface area contributed by atoms with Gasteiger partial charge in [0, 0.05) is 12.8 Å². The molecule has 3 rings (SSSR count). The summed E-state index contributed by atoms with van der Waals surface area (Å²) in [5, 5.41) is 3.31. The van der Waals surface area contributed by atoms with Gasteiger partial charge < -0.3 is 10.1 Å². The van der Waals surface area contributed by atoms with Crippen molar-refractivity contribution in [1.29, 1.82) is 0 Å². The summed E-state index contributed by atoms with van der Waals surface area (Å²) in [5.74, 6) is 1.54. The van der Waals surface area contributed by atoms with E-state index >= 15 is 0 Å². The van der Waals surface area contributed by atoms with Crippen molar-refractivity contribution in [2.24, 2.45) is 0 Å². The summed E-state index contributed by atoms with van der Waals surface area (Å²) in [5.41, 5.74) is 2.69. The second-order valence-corrected chi connectivity index (χ2v) is 6.08. The van der Waals surface area contributed by atoms with Crippen molar-refractivity contribution < 1.29 is 4.74 Å². The fourth-order valence-corrected chi connectivity index (χ4v) is 3.12. The Kier molecular flexibility index (Phi) is 4.49. The SMILES string of the molecule is COc1ccc(CNc2ncnc3c2ncn3SC)cc1Br. The minimum atomic E-state index is 0.640. The number of benzene rings is 1. The first kappa shape index (κ1) is 15.1. The Morgan fingerprint density at radius 1 is 1.32 bits per heavy atom. The Bertz CT molecular complexity index is 807. The lowest BCUT2D eigenvalue weighted by atomic mass is 10.2. The van der Waals surface area contributed by atoms with Gasteiger partial charge in [0.05, 0.1) is 11.6 Å². The average Bonchev–Trinajstić information content (AvgIpc) is 2.96. The smallest absolute Gasteiger partial charge is 0.175 e. The molecule has 0 saturated carbocycles. The van der Waals surface area contributed by atoms with Crippen LogP contribution in [0, 0.1) is 0 Å². The van der Waals surface area contributed by atoms with E-state index in [0.717, 1.165) is 32.8 Å². The Hall–Kier alpha value is -1.80. The quantitative estimate of drug-likeness (QED) is 0.733. The van der Waals surface area contributed by atoms with Crippen molar-refractivity contribution in [3.05, 3.63) is 40.9 Å². The number of nitrogens with zero attached hydrogens (tertiary/aromatic N) is 4. The van der Waals surface area contributed by atoms with Gasteiger partial charge in [-0.3, -0.25) is 3.97 Å². The van der Waals surface area contributed by atoms with Crippen molar-refractivity contribution in [1.82, 2.24) is 18.9 Å². The number of ether oxygens (including phenoxy) is 1. The maximum atomic E-state index is 5.23. The minimum absolute atomic E-state index is 0.640. The first-order valence-corrected chi connectivity index (χ1v) is 8.49. The molecule has 0 aliphatic rings. The zero-order valence-corrected chi connectivity index (χ0v) is 14.5. The Morgan fingerprint density at radius 3 is 2.91 bits per heavy atom. The molecule has 0 aliphatic heterocycles. The molecular weight excluding hydrogens is 366 g/mol.